The molecule has 0 amide bonds. The normalized spacial score (nSPS) is 14.2. The van der Waals surface area contributed by atoms with E-state index in [4.69, 9.17) is 9.16 Å². The molecule has 6 heteroatoms. The Hall–Kier alpha value is -1.42. The summed E-state index contributed by atoms with van der Waals surface area (Å²) in [5.74, 6) is 1.14. The summed E-state index contributed by atoms with van der Waals surface area (Å²) in [6.45, 7) is 9.89. The van der Waals surface area contributed by atoms with Crippen molar-refractivity contribution < 1.29 is 58.2 Å². The first-order chi connectivity index (χ1) is 15.9. The van der Waals surface area contributed by atoms with Crippen molar-refractivity contribution in [3.05, 3.63) is 95.2 Å². The average Bonchev–Trinajstić information content (AvgIpc) is 3.35. The van der Waals surface area contributed by atoms with Crippen LogP contribution in [0.5, 0.6) is 0 Å². The SMILES string of the molecule is C[CH]=[Zr+2].C[Si](C)(C)OCCOC1=Cc2ccccc2C1c1cccc2c1[cH-]c1ccccc12.[Cl-].[Cl-]. The summed E-state index contributed by atoms with van der Waals surface area (Å²) in [5.41, 5.74) is 3.87. The van der Waals surface area contributed by atoms with E-state index in [9.17, 15) is 0 Å². The van der Waals surface area contributed by atoms with Crippen LogP contribution >= 0.6 is 0 Å². The molecule has 0 fully saturated rings. The number of allylic oxidation sites excluding steroid dienone is 1. The van der Waals surface area contributed by atoms with Crippen molar-refractivity contribution in [1.29, 1.82) is 0 Å². The van der Waals surface area contributed by atoms with E-state index in [1.54, 1.807) is 0 Å². The Morgan fingerprint density at radius 1 is 0.857 bits per heavy atom. The van der Waals surface area contributed by atoms with Crippen LogP contribution in [0.15, 0.2) is 78.6 Å². The van der Waals surface area contributed by atoms with Crippen molar-refractivity contribution in [2.24, 2.45) is 0 Å². The molecule has 0 aliphatic heterocycles. The minimum atomic E-state index is -1.53. The van der Waals surface area contributed by atoms with Gasteiger partial charge >= 0.3 is 34.9 Å². The first-order valence-corrected chi connectivity index (χ1v) is 16.3. The standard InChI is InChI=1S/C27H27O2Si.C2H4.2ClH.Zr/c1-30(2,3)29-16-15-28-26-18-20-10-5-7-12-22(20)27(26)24-14-8-13-23-21-11-6-4-9-19(21)17-25(23)24;1-2;;;/h4-14,17-18,27H,15-16H2,1-3H3;1H,2H3;2*1H;/q-1;;;;+2/p-2. The molecule has 5 rings (SSSR count). The molecular weight excluding hydrogens is 571 g/mol. The Kier molecular flexibility index (Phi) is 11.3. The zero-order valence-electron chi connectivity index (χ0n) is 20.6. The van der Waals surface area contributed by atoms with Crippen molar-refractivity contribution in [2.45, 2.75) is 32.5 Å². The number of fused-ring (bicyclic) bond motifs is 4. The third-order valence-corrected chi connectivity index (χ3v) is 6.85. The van der Waals surface area contributed by atoms with Crippen LogP contribution in [-0.4, -0.2) is 25.2 Å². The van der Waals surface area contributed by atoms with Crippen molar-refractivity contribution >= 4 is 39.6 Å². The fourth-order valence-corrected chi connectivity index (χ4v) is 5.20. The summed E-state index contributed by atoms with van der Waals surface area (Å²) in [4.78, 5) is 0. The average molecular weight is 602 g/mol. The topological polar surface area (TPSA) is 18.5 Å². The van der Waals surface area contributed by atoms with Crippen LogP contribution in [0.2, 0.25) is 19.6 Å². The second kappa shape index (κ2) is 13.2. The summed E-state index contributed by atoms with van der Waals surface area (Å²) >= 11 is 1.51. The van der Waals surface area contributed by atoms with Gasteiger partial charge in [0.05, 0.1) is 6.61 Å². The van der Waals surface area contributed by atoms with Gasteiger partial charge in [-0.1, -0.05) is 66.2 Å². The minimum Gasteiger partial charge on any atom is -1.00 e. The predicted octanol–water partition coefficient (Wildman–Crippen LogP) is 1.43. The molecule has 0 N–H and O–H groups in total. The van der Waals surface area contributed by atoms with Crippen molar-refractivity contribution in [3.8, 4) is 0 Å². The van der Waals surface area contributed by atoms with Gasteiger partial charge in [0.1, 0.15) is 12.4 Å². The molecule has 35 heavy (non-hydrogen) atoms. The number of benzene rings is 3. The van der Waals surface area contributed by atoms with Crippen LogP contribution in [0.4, 0.5) is 0 Å². The van der Waals surface area contributed by atoms with Gasteiger partial charge in [-0.3, -0.25) is 0 Å². The largest absolute Gasteiger partial charge is 1.00 e. The third kappa shape index (κ3) is 6.87. The quantitative estimate of drug-likeness (QED) is 0.189. The zero-order valence-corrected chi connectivity index (χ0v) is 25.6. The van der Waals surface area contributed by atoms with Gasteiger partial charge in [0.2, 0.25) is 0 Å². The van der Waals surface area contributed by atoms with Crippen LogP contribution in [0.3, 0.4) is 0 Å². The Balaban J connectivity index is 0.000000823. The summed E-state index contributed by atoms with van der Waals surface area (Å²) in [7, 11) is -1.53. The molecule has 0 heterocycles. The first kappa shape index (κ1) is 29.8. The molecule has 0 aromatic heterocycles. The van der Waals surface area contributed by atoms with Gasteiger partial charge in [0, 0.05) is 5.92 Å². The smallest absolute Gasteiger partial charge is 0.183 e. The van der Waals surface area contributed by atoms with E-state index >= 15 is 0 Å². The van der Waals surface area contributed by atoms with Gasteiger partial charge < -0.3 is 34.0 Å². The van der Waals surface area contributed by atoms with Crippen LogP contribution in [0, 0.1) is 0 Å². The summed E-state index contributed by atoms with van der Waals surface area (Å²) in [6.07, 6.45) is 2.20. The monoisotopic (exact) mass is 599 g/mol. The fraction of sp³-hybridized carbons (Fsp3) is 0.241. The van der Waals surface area contributed by atoms with E-state index < -0.39 is 8.32 Å². The molecule has 0 saturated heterocycles. The van der Waals surface area contributed by atoms with Crippen LogP contribution in [0.25, 0.3) is 27.6 Å². The number of hydrogen-bond donors (Lipinski definition) is 0. The zero-order chi connectivity index (χ0) is 23.4. The van der Waals surface area contributed by atoms with Gasteiger partial charge in [0.15, 0.2) is 8.32 Å². The van der Waals surface area contributed by atoms with Crippen molar-refractivity contribution in [1.82, 2.24) is 0 Å². The second-order valence-electron chi connectivity index (χ2n) is 9.25. The summed E-state index contributed by atoms with van der Waals surface area (Å²) in [5, 5.41) is 5.24. The van der Waals surface area contributed by atoms with Gasteiger partial charge in [-0.05, 0) is 36.8 Å². The van der Waals surface area contributed by atoms with Crippen molar-refractivity contribution in [3.63, 3.8) is 0 Å². The molecule has 4 aromatic carbocycles. The van der Waals surface area contributed by atoms with Gasteiger partial charge in [-0.2, -0.15) is 0 Å². The van der Waals surface area contributed by atoms with Gasteiger partial charge in [-0.25, -0.2) is 0 Å². The van der Waals surface area contributed by atoms with E-state index in [0.717, 1.165) is 5.76 Å². The molecule has 1 aliphatic rings. The molecule has 4 aromatic rings. The summed E-state index contributed by atoms with van der Waals surface area (Å²) < 4.78 is 14.4. The fourth-order valence-electron chi connectivity index (χ4n) is 4.50. The number of rotatable bonds is 6. The molecule has 1 atom stereocenters. The van der Waals surface area contributed by atoms with E-state index in [1.165, 1.54) is 62.5 Å². The summed E-state index contributed by atoms with van der Waals surface area (Å²) in [6, 6.07) is 26.3. The maximum Gasteiger partial charge on any atom is 0.183 e. The van der Waals surface area contributed by atoms with E-state index in [0.29, 0.717) is 13.2 Å². The van der Waals surface area contributed by atoms with E-state index in [1.807, 2.05) is 6.92 Å². The third-order valence-electron chi connectivity index (χ3n) is 5.78. The maximum atomic E-state index is 6.33. The molecule has 2 nitrogen and oxygen atoms in total. The van der Waals surface area contributed by atoms with Crippen LogP contribution < -0.4 is 24.8 Å². The van der Waals surface area contributed by atoms with Gasteiger partial charge in [-0.15, -0.1) is 33.7 Å². The predicted molar refractivity (Wildman–Crippen MR) is 140 cm³/mol. The van der Waals surface area contributed by atoms with Crippen LogP contribution in [-0.2, 0) is 33.4 Å². The minimum absolute atomic E-state index is 0. The Morgan fingerprint density at radius 2 is 1.49 bits per heavy atom. The van der Waals surface area contributed by atoms with E-state index in [-0.39, 0.29) is 30.7 Å². The Bertz CT molecular complexity index is 1310. The number of halogens is 2. The Morgan fingerprint density at radius 3 is 2.23 bits per heavy atom. The number of ether oxygens (including phenoxy) is 1. The first-order valence-electron chi connectivity index (χ1n) is 11.5. The molecule has 1 aliphatic carbocycles. The molecule has 0 radical (unpaired) electrons. The molecule has 0 saturated carbocycles. The molecule has 0 spiro atoms. The second-order valence-corrected chi connectivity index (χ2v) is 15.2. The Labute approximate surface area is 237 Å². The molecular formula is C29H31Cl2O2SiZr-. The molecule has 1 unspecified atom stereocenters. The van der Waals surface area contributed by atoms with Gasteiger partial charge in [0.25, 0.3) is 0 Å². The number of hydrogen-bond acceptors (Lipinski definition) is 2. The van der Waals surface area contributed by atoms with E-state index in [2.05, 4.69) is 102 Å². The van der Waals surface area contributed by atoms with Crippen LogP contribution in [0.1, 0.15) is 29.5 Å². The van der Waals surface area contributed by atoms with Crippen molar-refractivity contribution in [2.75, 3.05) is 13.2 Å². The molecule has 182 valence electrons. The molecule has 0 bridgehead atoms. The maximum absolute atomic E-state index is 6.33.